The van der Waals surface area contributed by atoms with Crippen LogP contribution in [0.3, 0.4) is 0 Å². The molecule has 0 radical (unpaired) electrons. The van der Waals surface area contributed by atoms with Crippen molar-refractivity contribution in [3.8, 4) is 22.3 Å². The van der Waals surface area contributed by atoms with Gasteiger partial charge >= 0.3 is 0 Å². The molecule has 2 heterocycles. The monoisotopic (exact) mass is 535 g/mol. The lowest BCUT2D eigenvalue weighted by Gasteiger charge is -2.28. The summed E-state index contributed by atoms with van der Waals surface area (Å²) >= 11 is 3.58. The Labute approximate surface area is 236 Å². The zero-order valence-corrected chi connectivity index (χ0v) is 24.0. The molecule has 0 bridgehead atoms. The van der Waals surface area contributed by atoms with Crippen molar-refractivity contribution in [2.45, 2.75) is 57.4 Å². The second-order valence-corrected chi connectivity index (χ2v) is 11.7. The Balaban J connectivity index is 1.50. The largest absolute Gasteiger partial charge is 0.321 e. The van der Waals surface area contributed by atoms with Crippen LogP contribution in [0.15, 0.2) is 106 Å². The van der Waals surface area contributed by atoms with E-state index in [-0.39, 0.29) is 5.54 Å². The number of hydrogen-bond acceptors (Lipinski definition) is 3. The average molecular weight is 536 g/mol. The molecule has 3 aromatic carbocycles. The minimum absolute atomic E-state index is 0.296. The normalized spacial score (nSPS) is 12.5. The maximum Gasteiger partial charge on any atom is 0.0418 e. The van der Waals surface area contributed by atoms with Gasteiger partial charge in [0.2, 0.25) is 0 Å². The molecule has 0 aliphatic rings. The van der Waals surface area contributed by atoms with Gasteiger partial charge in [-0.15, -0.1) is 0 Å². The Morgan fingerprint density at radius 3 is 1.92 bits per heavy atom. The van der Waals surface area contributed by atoms with Gasteiger partial charge in [0.15, 0.2) is 0 Å². The molecule has 194 valence electrons. The van der Waals surface area contributed by atoms with Crippen LogP contribution in [0.1, 0.15) is 61.3 Å². The predicted molar refractivity (Wildman–Crippen MR) is 167 cm³/mol. The van der Waals surface area contributed by atoms with Gasteiger partial charge in [0.25, 0.3) is 0 Å². The van der Waals surface area contributed by atoms with Crippen molar-refractivity contribution < 1.29 is 0 Å². The molecule has 0 saturated heterocycles. The van der Waals surface area contributed by atoms with E-state index in [1.165, 1.54) is 44.5 Å². The van der Waals surface area contributed by atoms with Crippen LogP contribution >= 0.6 is 22.7 Å². The third kappa shape index (κ3) is 5.71. The molecule has 0 saturated carbocycles. The van der Waals surface area contributed by atoms with Crippen LogP contribution in [0.4, 0.5) is 0 Å². The summed E-state index contributed by atoms with van der Waals surface area (Å²) in [5.74, 6) is 0.463. The predicted octanol–water partition coefficient (Wildman–Crippen LogP) is 10.1. The number of thiophene rings is 2. The minimum Gasteiger partial charge on any atom is -0.321 e. The Hall–Kier alpha value is -2.98. The van der Waals surface area contributed by atoms with E-state index >= 15 is 0 Å². The van der Waals surface area contributed by atoms with Crippen molar-refractivity contribution in [1.82, 2.24) is 0 Å². The van der Waals surface area contributed by atoms with Gasteiger partial charge in [-0.3, -0.25) is 0 Å². The Kier molecular flexibility index (Phi) is 8.58. The van der Waals surface area contributed by atoms with Crippen LogP contribution in [0.25, 0.3) is 22.3 Å². The van der Waals surface area contributed by atoms with E-state index in [2.05, 4.69) is 120 Å². The Bertz CT molecular complexity index is 1430. The van der Waals surface area contributed by atoms with Crippen molar-refractivity contribution in [3.05, 3.63) is 129 Å². The summed E-state index contributed by atoms with van der Waals surface area (Å²) in [6.07, 6.45) is 5.10. The zero-order chi connectivity index (χ0) is 26.4. The molecular weight excluding hydrogens is 499 g/mol. The first-order valence-corrected chi connectivity index (χ1v) is 15.6. The molecule has 1 atom stereocenters. The van der Waals surface area contributed by atoms with E-state index in [0.717, 1.165) is 32.1 Å². The van der Waals surface area contributed by atoms with E-state index < -0.39 is 0 Å². The van der Waals surface area contributed by atoms with E-state index in [0.29, 0.717) is 5.92 Å². The maximum atomic E-state index is 6.92. The quantitative estimate of drug-likeness (QED) is 0.179. The molecule has 2 aromatic heterocycles. The molecule has 0 aliphatic heterocycles. The van der Waals surface area contributed by atoms with Gasteiger partial charge in [-0.2, -0.15) is 22.7 Å². The van der Waals surface area contributed by atoms with E-state index in [1.807, 2.05) is 11.3 Å². The van der Waals surface area contributed by atoms with Crippen molar-refractivity contribution in [1.29, 1.82) is 0 Å². The molecule has 5 rings (SSSR count). The summed E-state index contributed by atoms with van der Waals surface area (Å²) in [4.78, 5) is 0. The first-order valence-electron chi connectivity index (χ1n) is 13.7. The number of hydrogen-bond donors (Lipinski definition) is 1. The van der Waals surface area contributed by atoms with Crippen LogP contribution in [0.2, 0.25) is 0 Å². The average Bonchev–Trinajstić information content (AvgIpc) is 3.66. The van der Waals surface area contributed by atoms with Gasteiger partial charge in [-0.05, 0) is 104 Å². The summed E-state index contributed by atoms with van der Waals surface area (Å²) in [5, 5.41) is 9.27. The Morgan fingerprint density at radius 1 is 0.658 bits per heavy atom. The number of aryl methyl sites for hydroxylation is 1. The van der Waals surface area contributed by atoms with Gasteiger partial charge in [-0.25, -0.2) is 0 Å². The molecule has 0 fully saturated rings. The van der Waals surface area contributed by atoms with E-state index in [1.54, 1.807) is 11.3 Å². The van der Waals surface area contributed by atoms with Crippen LogP contribution < -0.4 is 5.73 Å². The second-order valence-electron chi connectivity index (χ2n) is 10.3. The highest BCUT2D eigenvalue weighted by atomic mass is 32.1. The molecule has 5 aromatic rings. The fourth-order valence-corrected chi connectivity index (χ4v) is 7.38. The van der Waals surface area contributed by atoms with Gasteiger partial charge < -0.3 is 5.73 Å². The highest BCUT2D eigenvalue weighted by Gasteiger charge is 2.28. The number of rotatable bonds is 11. The lowest BCUT2D eigenvalue weighted by Crippen LogP contribution is -2.35. The molecule has 1 nitrogen and oxygen atoms in total. The summed E-state index contributed by atoms with van der Waals surface area (Å²) in [6, 6.07) is 30.8. The molecule has 0 spiro atoms. The van der Waals surface area contributed by atoms with Gasteiger partial charge in [0.1, 0.15) is 0 Å². The third-order valence-electron chi connectivity index (χ3n) is 8.07. The summed E-state index contributed by atoms with van der Waals surface area (Å²) in [7, 11) is 0. The summed E-state index contributed by atoms with van der Waals surface area (Å²) in [5.41, 5.74) is 17.4. The number of nitrogens with two attached hydrogens (primary N) is 1. The second kappa shape index (κ2) is 12.3. The van der Waals surface area contributed by atoms with Crippen LogP contribution in [-0.2, 0) is 18.4 Å². The number of benzene rings is 3. The van der Waals surface area contributed by atoms with Gasteiger partial charge in [0.05, 0.1) is 0 Å². The van der Waals surface area contributed by atoms with Crippen molar-refractivity contribution >= 4 is 22.7 Å². The van der Waals surface area contributed by atoms with Gasteiger partial charge in [-0.1, -0.05) is 98.8 Å². The van der Waals surface area contributed by atoms with E-state index in [4.69, 9.17) is 5.73 Å². The summed E-state index contributed by atoms with van der Waals surface area (Å²) < 4.78 is 0. The molecule has 38 heavy (non-hydrogen) atoms. The Morgan fingerprint density at radius 2 is 1.24 bits per heavy atom. The zero-order valence-electron chi connectivity index (χ0n) is 22.4. The van der Waals surface area contributed by atoms with Crippen LogP contribution in [0.5, 0.6) is 0 Å². The minimum atomic E-state index is -0.296. The fourth-order valence-electron chi connectivity index (χ4n) is 5.56. The lowest BCUT2D eigenvalue weighted by molar-refractivity contribution is 0.415. The summed E-state index contributed by atoms with van der Waals surface area (Å²) in [6.45, 7) is 4.40. The smallest absolute Gasteiger partial charge is 0.0418 e. The highest BCUT2D eigenvalue weighted by molar-refractivity contribution is 7.08. The SMILES string of the molecule is CCC(N)(CC)c1cscc1-c1ccccc1-c1cscc1CC(CCc1ccccc1)c1ccccc1. The molecule has 3 heteroatoms. The fraction of sp³-hybridized carbons (Fsp3) is 0.257. The van der Waals surface area contributed by atoms with Crippen molar-refractivity contribution in [2.75, 3.05) is 0 Å². The van der Waals surface area contributed by atoms with Crippen molar-refractivity contribution in [2.24, 2.45) is 5.73 Å². The molecule has 2 N–H and O–H groups in total. The molecule has 0 amide bonds. The van der Waals surface area contributed by atoms with Gasteiger partial charge in [0, 0.05) is 5.54 Å². The lowest BCUT2D eigenvalue weighted by atomic mass is 9.81. The highest BCUT2D eigenvalue weighted by Crippen LogP contribution is 2.43. The standard InChI is InChI=1S/C35H37NS2/c1-3-35(36,4-2)34-25-38-24-33(34)31-18-12-11-17-30(31)32-23-37-22-29(32)21-28(27-15-9-6-10-16-27)20-19-26-13-7-5-8-14-26/h5-18,22-25,28H,3-4,19-21,36H2,1-2H3. The molecule has 1 unspecified atom stereocenters. The first-order chi connectivity index (χ1) is 18.6. The maximum absolute atomic E-state index is 6.92. The molecular formula is C35H37NS2. The topological polar surface area (TPSA) is 26.0 Å². The first kappa shape index (κ1) is 26.6. The van der Waals surface area contributed by atoms with Crippen LogP contribution in [0, 0.1) is 0 Å². The van der Waals surface area contributed by atoms with E-state index in [9.17, 15) is 0 Å². The van der Waals surface area contributed by atoms with Crippen molar-refractivity contribution in [3.63, 3.8) is 0 Å². The molecule has 0 aliphatic carbocycles. The van der Waals surface area contributed by atoms with Crippen LogP contribution in [-0.4, -0.2) is 0 Å². The third-order valence-corrected chi connectivity index (χ3v) is 9.61.